The number of hydrogen-bond donors (Lipinski definition) is 3. The lowest BCUT2D eigenvalue weighted by atomic mass is 10.1. The monoisotopic (exact) mass is 329 g/mol. The molecule has 0 atom stereocenters. The molecule has 0 radical (unpaired) electrons. The Bertz CT molecular complexity index is 889. The first kappa shape index (κ1) is 15.3. The Labute approximate surface area is 135 Å². The van der Waals surface area contributed by atoms with Crippen LogP contribution >= 0.6 is 11.8 Å². The molecule has 3 aromatic rings. The molecule has 2 heterocycles. The first-order chi connectivity index (χ1) is 11.1. The van der Waals surface area contributed by atoms with Crippen molar-refractivity contribution in [2.45, 2.75) is 11.9 Å². The Morgan fingerprint density at radius 3 is 3.00 bits per heavy atom. The minimum absolute atomic E-state index is 0.257. The predicted octanol–water partition coefficient (Wildman–Crippen LogP) is 1.48. The molecule has 0 bridgehead atoms. The number of aromatic amines is 2. The predicted molar refractivity (Wildman–Crippen MR) is 88.7 cm³/mol. The number of benzene rings is 1. The average molecular weight is 329 g/mol. The van der Waals surface area contributed by atoms with E-state index < -0.39 is 0 Å². The number of amides is 1. The number of carbonyl (C=O) groups is 1. The molecule has 0 spiro atoms. The van der Waals surface area contributed by atoms with Crippen molar-refractivity contribution in [3.05, 3.63) is 51.9 Å². The summed E-state index contributed by atoms with van der Waals surface area (Å²) in [6, 6.07) is 6.93. The maximum atomic E-state index is 12.4. The van der Waals surface area contributed by atoms with Crippen molar-refractivity contribution in [3.8, 4) is 0 Å². The van der Waals surface area contributed by atoms with Gasteiger partial charge < -0.3 is 10.3 Å². The van der Waals surface area contributed by atoms with E-state index in [1.807, 2.05) is 25.1 Å². The Balaban J connectivity index is 1.72. The van der Waals surface area contributed by atoms with E-state index in [1.165, 1.54) is 17.8 Å². The molecule has 23 heavy (non-hydrogen) atoms. The maximum Gasteiger partial charge on any atom is 0.252 e. The van der Waals surface area contributed by atoms with E-state index in [-0.39, 0.29) is 11.5 Å². The van der Waals surface area contributed by atoms with Gasteiger partial charge >= 0.3 is 0 Å². The van der Waals surface area contributed by atoms with Gasteiger partial charge in [0.25, 0.3) is 5.91 Å². The molecule has 0 saturated carbocycles. The summed E-state index contributed by atoms with van der Waals surface area (Å²) in [5.41, 5.74) is 1.78. The molecule has 118 valence electrons. The summed E-state index contributed by atoms with van der Waals surface area (Å²) in [4.78, 5) is 26.8. The van der Waals surface area contributed by atoms with Crippen LogP contribution in [0.5, 0.6) is 0 Å². The number of H-pyrrole nitrogens is 2. The highest BCUT2D eigenvalue weighted by atomic mass is 32.2. The number of rotatable bonds is 5. The van der Waals surface area contributed by atoms with Gasteiger partial charge in [0, 0.05) is 29.3 Å². The van der Waals surface area contributed by atoms with Crippen LogP contribution in [0.3, 0.4) is 0 Å². The fourth-order valence-corrected chi connectivity index (χ4v) is 2.88. The van der Waals surface area contributed by atoms with Gasteiger partial charge in [-0.15, -0.1) is 16.9 Å². The molecule has 7 nitrogen and oxygen atoms in total. The van der Waals surface area contributed by atoms with Gasteiger partial charge in [0.2, 0.25) is 5.56 Å². The molecule has 3 rings (SSSR count). The Morgan fingerprint density at radius 2 is 2.22 bits per heavy atom. The number of aryl methyl sites for hydroxylation is 1. The highest BCUT2D eigenvalue weighted by Gasteiger charge is 2.11. The summed E-state index contributed by atoms with van der Waals surface area (Å²) in [5, 5.41) is 14.5. The third kappa shape index (κ3) is 3.59. The van der Waals surface area contributed by atoms with Crippen molar-refractivity contribution in [1.29, 1.82) is 0 Å². The molecule has 3 N–H and O–H groups in total. The number of hydrogen-bond acceptors (Lipinski definition) is 5. The molecule has 2 aromatic heterocycles. The molecule has 0 unspecified atom stereocenters. The zero-order valence-corrected chi connectivity index (χ0v) is 13.2. The van der Waals surface area contributed by atoms with Crippen molar-refractivity contribution in [3.63, 3.8) is 0 Å². The smallest absolute Gasteiger partial charge is 0.252 e. The molecule has 0 aliphatic heterocycles. The second kappa shape index (κ2) is 6.66. The van der Waals surface area contributed by atoms with Crippen molar-refractivity contribution >= 4 is 28.6 Å². The SMILES string of the molecule is Cc1ccc2[nH]c(=O)cc(C(=O)NCCSc3cn[nH]n3)c2c1. The van der Waals surface area contributed by atoms with Crippen LogP contribution in [0.2, 0.25) is 0 Å². The molecule has 8 heteroatoms. The second-order valence-corrected chi connectivity index (χ2v) is 6.12. The minimum Gasteiger partial charge on any atom is -0.351 e. The number of carbonyl (C=O) groups excluding carboxylic acids is 1. The zero-order chi connectivity index (χ0) is 16.2. The van der Waals surface area contributed by atoms with E-state index in [1.54, 1.807) is 6.20 Å². The summed E-state index contributed by atoms with van der Waals surface area (Å²) in [6.07, 6.45) is 1.62. The number of nitrogens with zero attached hydrogens (tertiary/aromatic N) is 2. The lowest BCUT2D eigenvalue weighted by molar-refractivity contribution is 0.0957. The fraction of sp³-hybridized carbons (Fsp3) is 0.200. The van der Waals surface area contributed by atoms with E-state index >= 15 is 0 Å². The first-order valence-electron chi connectivity index (χ1n) is 7.04. The molecule has 0 aliphatic carbocycles. The summed E-state index contributed by atoms with van der Waals surface area (Å²) in [6.45, 7) is 2.41. The molecule has 1 amide bonds. The standard InChI is InChI=1S/C15H15N5O2S/c1-9-2-3-12-10(6-9)11(7-13(21)18-12)15(22)16-4-5-23-14-8-17-20-19-14/h2-3,6-8H,4-5H2,1H3,(H,16,22)(H,18,21)(H,17,19,20). The number of nitrogens with one attached hydrogen (secondary N) is 3. The number of fused-ring (bicyclic) bond motifs is 1. The number of pyridine rings is 1. The lowest BCUT2D eigenvalue weighted by Crippen LogP contribution is -2.27. The van der Waals surface area contributed by atoms with Gasteiger partial charge in [-0.1, -0.05) is 11.6 Å². The number of thioether (sulfide) groups is 1. The van der Waals surface area contributed by atoms with Gasteiger partial charge in [-0.25, -0.2) is 0 Å². The van der Waals surface area contributed by atoms with E-state index in [9.17, 15) is 9.59 Å². The van der Waals surface area contributed by atoms with Crippen LogP contribution in [0, 0.1) is 6.92 Å². The summed E-state index contributed by atoms with van der Waals surface area (Å²) >= 11 is 1.49. The first-order valence-corrected chi connectivity index (χ1v) is 8.02. The Morgan fingerprint density at radius 1 is 1.35 bits per heavy atom. The quantitative estimate of drug-likeness (QED) is 0.486. The van der Waals surface area contributed by atoms with Crippen LogP contribution in [-0.2, 0) is 0 Å². The van der Waals surface area contributed by atoms with Crippen LogP contribution in [-0.4, -0.2) is 38.6 Å². The molecule has 0 aliphatic rings. The molecular weight excluding hydrogens is 314 g/mol. The maximum absolute atomic E-state index is 12.4. The van der Waals surface area contributed by atoms with Gasteiger partial charge in [0.15, 0.2) is 0 Å². The third-order valence-electron chi connectivity index (χ3n) is 3.27. The van der Waals surface area contributed by atoms with Gasteiger partial charge in [-0.2, -0.15) is 10.3 Å². The highest BCUT2D eigenvalue weighted by Crippen LogP contribution is 2.17. The zero-order valence-electron chi connectivity index (χ0n) is 12.4. The van der Waals surface area contributed by atoms with E-state index in [2.05, 4.69) is 25.7 Å². The average Bonchev–Trinajstić information content (AvgIpc) is 3.04. The van der Waals surface area contributed by atoms with E-state index in [4.69, 9.17) is 0 Å². The fourth-order valence-electron chi connectivity index (χ4n) is 2.23. The summed E-state index contributed by atoms with van der Waals surface area (Å²) in [7, 11) is 0. The number of aromatic nitrogens is 4. The van der Waals surface area contributed by atoms with Gasteiger partial charge in [0.1, 0.15) is 5.03 Å². The third-order valence-corrected chi connectivity index (χ3v) is 4.17. The van der Waals surface area contributed by atoms with Gasteiger partial charge in [0.05, 0.1) is 11.8 Å². The summed E-state index contributed by atoms with van der Waals surface area (Å²) < 4.78 is 0. The van der Waals surface area contributed by atoms with Crippen molar-refractivity contribution < 1.29 is 4.79 Å². The van der Waals surface area contributed by atoms with Crippen LogP contribution in [0.1, 0.15) is 15.9 Å². The minimum atomic E-state index is -0.288. The molecular formula is C15H15N5O2S. The van der Waals surface area contributed by atoms with Gasteiger partial charge in [-0.05, 0) is 19.1 Å². The van der Waals surface area contributed by atoms with Crippen molar-refractivity contribution in [1.82, 2.24) is 25.7 Å². The van der Waals surface area contributed by atoms with Crippen LogP contribution in [0.4, 0.5) is 0 Å². The van der Waals surface area contributed by atoms with Gasteiger partial charge in [-0.3, -0.25) is 9.59 Å². The normalized spacial score (nSPS) is 10.8. The van der Waals surface area contributed by atoms with Crippen molar-refractivity contribution in [2.24, 2.45) is 0 Å². The second-order valence-electron chi connectivity index (χ2n) is 5.01. The Hall–Kier alpha value is -2.61. The van der Waals surface area contributed by atoms with Crippen LogP contribution < -0.4 is 10.9 Å². The largest absolute Gasteiger partial charge is 0.351 e. The lowest BCUT2D eigenvalue weighted by Gasteiger charge is -2.08. The van der Waals surface area contributed by atoms with Crippen LogP contribution in [0.15, 0.2) is 40.3 Å². The Kier molecular flexibility index (Phi) is 4.42. The van der Waals surface area contributed by atoms with Crippen LogP contribution in [0.25, 0.3) is 10.9 Å². The van der Waals surface area contributed by atoms with Crippen molar-refractivity contribution in [2.75, 3.05) is 12.3 Å². The molecule has 0 fully saturated rings. The van der Waals surface area contributed by atoms with E-state index in [0.717, 1.165) is 16.0 Å². The highest BCUT2D eigenvalue weighted by molar-refractivity contribution is 7.99. The molecule has 1 aromatic carbocycles. The topological polar surface area (TPSA) is 104 Å². The van der Waals surface area contributed by atoms with E-state index in [0.29, 0.717) is 23.4 Å². The summed E-state index contributed by atoms with van der Waals surface area (Å²) in [5.74, 6) is 0.408. The molecule has 0 saturated heterocycles.